The van der Waals surface area contributed by atoms with Gasteiger partial charge >= 0.3 is 18.4 Å². The molecule has 1 fully saturated rings. The van der Waals surface area contributed by atoms with Gasteiger partial charge in [-0.25, -0.2) is 22.4 Å². The van der Waals surface area contributed by atoms with Crippen LogP contribution in [0.25, 0.3) is 0 Å². The third-order valence-electron chi connectivity index (χ3n) is 6.91. The summed E-state index contributed by atoms with van der Waals surface area (Å²) in [6.45, 7) is 0. The van der Waals surface area contributed by atoms with E-state index in [1.165, 1.54) is 24.3 Å². The quantitative estimate of drug-likeness (QED) is 0.280. The predicted molar refractivity (Wildman–Crippen MR) is 128 cm³/mol. The van der Waals surface area contributed by atoms with Crippen LogP contribution < -0.4 is 10.6 Å². The van der Waals surface area contributed by atoms with Crippen molar-refractivity contribution >= 4 is 6.03 Å². The number of urea groups is 1. The molecule has 41 heavy (non-hydrogen) atoms. The van der Waals surface area contributed by atoms with Gasteiger partial charge in [0, 0.05) is 25.3 Å². The third kappa shape index (κ3) is 6.76. The minimum atomic E-state index is -5.23. The highest BCUT2D eigenvalue weighted by molar-refractivity contribution is 5.76. The molecule has 0 heterocycles. The van der Waals surface area contributed by atoms with Gasteiger partial charge in [-0.3, -0.25) is 0 Å². The second kappa shape index (κ2) is 10.9. The van der Waals surface area contributed by atoms with E-state index in [1.807, 2.05) is 0 Å². The van der Waals surface area contributed by atoms with Crippen molar-refractivity contribution in [3.63, 3.8) is 0 Å². The molecule has 0 radical (unpaired) electrons. The van der Waals surface area contributed by atoms with E-state index in [0.29, 0.717) is 29.8 Å². The first kappa shape index (κ1) is 30.2. The number of benzene rings is 3. The first-order valence-corrected chi connectivity index (χ1v) is 12.3. The van der Waals surface area contributed by atoms with E-state index < -0.39 is 89.0 Å². The number of alkyl halides is 8. The number of carbonyl (C=O) groups excluding carboxylic acids is 1. The second-order valence-corrected chi connectivity index (χ2v) is 9.85. The molecule has 0 saturated heterocycles. The fourth-order valence-corrected chi connectivity index (χ4v) is 4.97. The molecular formula is C28H22F10N2O. The van der Waals surface area contributed by atoms with Crippen LogP contribution >= 0.6 is 0 Å². The molecule has 0 aromatic heterocycles. The summed E-state index contributed by atoms with van der Waals surface area (Å²) in [7, 11) is 0. The molecule has 3 nitrogen and oxygen atoms in total. The van der Waals surface area contributed by atoms with Gasteiger partial charge in [-0.1, -0.05) is 42.5 Å². The van der Waals surface area contributed by atoms with E-state index in [-0.39, 0.29) is 6.42 Å². The molecule has 4 rings (SSSR count). The van der Waals surface area contributed by atoms with Crippen LogP contribution in [0.1, 0.15) is 47.1 Å². The molecule has 3 aromatic rings. The first-order valence-electron chi connectivity index (χ1n) is 12.3. The van der Waals surface area contributed by atoms with Crippen molar-refractivity contribution in [2.45, 2.75) is 55.5 Å². The number of nitrogens with one attached hydrogen (secondary N) is 2. The van der Waals surface area contributed by atoms with Crippen molar-refractivity contribution in [2.75, 3.05) is 0 Å². The van der Waals surface area contributed by atoms with Crippen LogP contribution in [0.2, 0.25) is 0 Å². The van der Waals surface area contributed by atoms with Crippen LogP contribution in [0.5, 0.6) is 0 Å². The number of amides is 2. The van der Waals surface area contributed by atoms with Gasteiger partial charge < -0.3 is 10.6 Å². The fraction of sp³-hybridized carbons (Fsp3) is 0.321. The highest BCUT2D eigenvalue weighted by atomic mass is 19.4. The average molecular weight is 592 g/mol. The van der Waals surface area contributed by atoms with Gasteiger partial charge in [0.1, 0.15) is 11.6 Å². The van der Waals surface area contributed by atoms with E-state index in [9.17, 15) is 48.7 Å². The topological polar surface area (TPSA) is 41.1 Å². The number of halogens is 10. The van der Waals surface area contributed by atoms with E-state index in [2.05, 4.69) is 10.6 Å². The fourth-order valence-electron chi connectivity index (χ4n) is 4.97. The molecule has 0 unspecified atom stereocenters. The zero-order chi connectivity index (χ0) is 30.2. The Hall–Kier alpha value is -3.77. The normalized spacial score (nSPS) is 17.4. The van der Waals surface area contributed by atoms with Gasteiger partial charge in [0.25, 0.3) is 0 Å². The summed E-state index contributed by atoms with van der Waals surface area (Å²) in [5.74, 6) is -6.43. The molecule has 0 bridgehead atoms. The lowest BCUT2D eigenvalue weighted by atomic mass is 9.77. The summed E-state index contributed by atoms with van der Waals surface area (Å²) < 4.78 is 138. The minimum absolute atomic E-state index is 0.129. The summed E-state index contributed by atoms with van der Waals surface area (Å²) in [5, 5.41) is 4.69. The molecule has 1 aliphatic rings. The van der Waals surface area contributed by atoms with Crippen molar-refractivity contribution in [2.24, 2.45) is 0 Å². The molecule has 1 atom stereocenters. The summed E-state index contributed by atoms with van der Waals surface area (Å²) in [4.78, 5) is 13.2. The molecule has 2 N–H and O–H groups in total. The van der Waals surface area contributed by atoms with Gasteiger partial charge in [-0.15, -0.1) is 0 Å². The van der Waals surface area contributed by atoms with Gasteiger partial charge in [0.2, 0.25) is 5.92 Å². The zero-order valence-corrected chi connectivity index (χ0v) is 20.9. The molecule has 2 amide bonds. The Morgan fingerprint density at radius 2 is 1.32 bits per heavy atom. The Labute approximate surface area is 227 Å². The molecule has 220 valence electrons. The largest absolute Gasteiger partial charge is 0.419 e. The maximum Gasteiger partial charge on any atom is 0.419 e. The number of carbonyl (C=O) groups is 1. The monoisotopic (exact) mass is 592 g/mol. The van der Waals surface area contributed by atoms with Crippen molar-refractivity contribution < 1.29 is 48.7 Å². The Morgan fingerprint density at radius 3 is 1.76 bits per heavy atom. The molecular weight excluding hydrogens is 570 g/mol. The summed E-state index contributed by atoms with van der Waals surface area (Å²) in [5.41, 5.74) is -6.46. The van der Waals surface area contributed by atoms with Gasteiger partial charge in [0.15, 0.2) is 0 Å². The minimum Gasteiger partial charge on any atom is -0.335 e. The number of rotatable bonds is 6. The molecule has 3 aromatic carbocycles. The summed E-state index contributed by atoms with van der Waals surface area (Å²) >= 11 is 0. The van der Waals surface area contributed by atoms with Crippen molar-refractivity contribution in [1.29, 1.82) is 0 Å². The van der Waals surface area contributed by atoms with Crippen molar-refractivity contribution in [3.05, 3.63) is 106 Å². The van der Waals surface area contributed by atoms with Crippen molar-refractivity contribution in [3.8, 4) is 0 Å². The average Bonchev–Trinajstić information content (AvgIpc) is 3.21. The Bertz CT molecular complexity index is 1340. The highest BCUT2D eigenvalue weighted by Gasteiger charge is 2.44. The standard InChI is InChI=1S/C28H22F10N2O/c29-22-8-6-17(12-20(22)27(33,34)35)26(14-16-4-2-1-3-5-16,18-7-9-23(30)21(13-18)28(36,37)38)40-24(41)39-19-10-11-25(31,32)15-19/h1-9,12-13,19H,10-11,14-15H2,(H2,39,40,41)/t19-/m1/s1. The Kier molecular flexibility index (Phi) is 8.03. The van der Waals surface area contributed by atoms with Gasteiger partial charge in [-0.2, -0.15) is 26.3 Å². The van der Waals surface area contributed by atoms with Crippen LogP contribution in [0.4, 0.5) is 48.7 Å². The summed E-state index contributed by atoms with van der Waals surface area (Å²) in [6.07, 6.45) is -12.3. The van der Waals surface area contributed by atoms with Crippen LogP contribution in [-0.4, -0.2) is 18.0 Å². The third-order valence-corrected chi connectivity index (χ3v) is 6.91. The van der Waals surface area contributed by atoms with Crippen molar-refractivity contribution in [1.82, 2.24) is 10.6 Å². The molecule has 0 aliphatic heterocycles. The predicted octanol–water partition coefficient (Wildman–Crippen LogP) is 7.98. The molecule has 1 aliphatic carbocycles. The van der Waals surface area contributed by atoms with E-state index in [1.54, 1.807) is 6.07 Å². The lowest BCUT2D eigenvalue weighted by Crippen LogP contribution is -2.54. The SMILES string of the molecule is O=C(N[C@@H]1CCC(F)(F)C1)NC(Cc1ccccc1)(c1ccc(F)c(C(F)(F)F)c1)c1ccc(F)c(C(F)(F)F)c1. The lowest BCUT2D eigenvalue weighted by Gasteiger charge is -2.37. The first-order chi connectivity index (χ1) is 19.0. The Morgan fingerprint density at radius 1 is 0.805 bits per heavy atom. The molecule has 0 spiro atoms. The maximum absolute atomic E-state index is 14.3. The molecule has 13 heteroatoms. The Balaban J connectivity index is 1.94. The van der Waals surface area contributed by atoms with Crippen LogP contribution in [0, 0.1) is 11.6 Å². The second-order valence-electron chi connectivity index (χ2n) is 9.85. The van der Waals surface area contributed by atoms with Gasteiger partial charge in [0.05, 0.1) is 16.7 Å². The zero-order valence-electron chi connectivity index (χ0n) is 20.9. The lowest BCUT2D eigenvalue weighted by molar-refractivity contribution is -0.140. The summed E-state index contributed by atoms with van der Waals surface area (Å²) in [6, 6.07) is 8.67. The van der Waals surface area contributed by atoms with Crippen LogP contribution in [0.3, 0.4) is 0 Å². The smallest absolute Gasteiger partial charge is 0.335 e. The van der Waals surface area contributed by atoms with E-state index in [0.717, 1.165) is 12.1 Å². The molecule has 1 saturated carbocycles. The van der Waals surface area contributed by atoms with E-state index in [4.69, 9.17) is 0 Å². The number of hydrogen-bond acceptors (Lipinski definition) is 1. The highest BCUT2D eigenvalue weighted by Crippen LogP contribution is 2.41. The maximum atomic E-state index is 14.3. The number of hydrogen-bond donors (Lipinski definition) is 2. The van der Waals surface area contributed by atoms with Crippen LogP contribution in [-0.2, 0) is 24.3 Å². The van der Waals surface area contributed by atoms with Crippen LogP contribution in [0.15, 0.2) is 66.7 Å². The van der Waals surface area contributed by atoms with Gasteiger partial charge in [-0.05, 0) is 47.4 Å². The van der Waals surface area contributed by atoms with E-state index >= 15 is 0 Å².